The molecule has 0 saturated carbocycles. The molecule has 0 fully saturated rings. The topological polar surface area (TPSA) is 47.0 Å². The van der Waals surface area contributed by atoms with E-state index in [0.717, 1.165) is 5.69 Å². The van der Waals surface area contributed by atoms with Gasteiger partial charge in [-0.15, -0.1) is 0 Å². The SMILES string of the molecule is FC(F)(F)COc1ccccc1NCc1ccncn1. The molecule has 0 amide bonds. The number of rotatable bonds is 5. The van der Waals surface area contributed by atoms with Gasteiger partial charge < -0.3 is 10.1 Å². The standard InChI is InChI=1S/C13H12F3N3O/c14-13(15,16)8-20-12-4-2-1-3-11(12)18-7-10-5-6-17-9-19-10/h1-6,9,18H,7-8H2. The zero-order valence-corrected chi connectivity index (χ0v) is 10.4. The van der Waals surface area contributed by atoms with Crippen LogP contribution >= 0.6 is 0 Å². The van der Waals surface area contributed by atoms with E-state index in [0.29, 0.717) is 12.2 Å². The summed E-state index contributed by atoms with van der Waals surface area (Å²) in [6, 6.07) is 8.16. The van der Waals surface area contributed by atoms with Gasteiger partial charge in [0.2, 0.25) is 0 Å². The lowest BCUT2D eigenvalue weighted by Gasteiger charge is -2.14. The number of halogens is 3. The van der Waals surface area contributed by atoms with E-state index in [1.165, 1.54) is 12.4 Å². The van der Waals surface area contributed by atoms with Crippen LogP contribution in [0.1, 0.15) is 5.69 Å². The van der Waals surface area contributed by atoms with Crippen molar-refractivity contribution in [2.45, 2.75) is 12.7 Å². The smallest absolute Gasteiger partial charge is 0.422 e. The number of para-hydroxylation sites is 2. The van der Waals surface area contributed by atoms with E-state index in [9.17, 15) is 13.2 Å². The molecular weight excluding hydrogens is 271 g/mol. The Kier molecular flexibility index (Phi) is 4.39. The predicted molar refractivity (Wildman–Crippen MR) is 67.4 cm³/mol. The molecule has 20 heavy (non-hydrogen) atoms. The third kappa shape index (κ3) is 4.42. The molecule has 2 rings (SSSR count). The van der Waals surface area contributed by atoms with Crippen molar-refractivity contribution in [1.82, 2.24) is 9.97 Å². The number of anilines is 1. The number of benzene rings is 1. The fourth-order valence-electron chi connectivity index (χ4n) is 1.51. The summed E-state index contributed by atoms with van der Waals surface area (Å²) in [5.41, 5.74) is 1.21. The first-order chi connectivity index (χ1) is 9.54. The first-order valence-electron chi connectivity index (χ1n) is 5.82. The molecule has 0 bridgehead atoms. The lowest BCUT2D eigenvalue weighted by Crippen LogP contribution is -2.19. The molecule has 1 aromatic heterocycles. The van der Waals surface area contributed by atoms with E-state index < -0.39 is 12.8 Å². The lowest BCUT2D eigenvalue weighted by molar-refractivity contribution is -0.153. The molecule has 0 saturated heterocycles. The minimum Gasteiger partial charge on any atom is -0.482 e. The monoisotopic (exact) mass is 283 g/mol. The number of hydrogen-bond donors (Lipinski definition) is 1. The fraction of sp³-hybridized carbons (Fsp3) is 0.231. The maximum absolute atomic E-state index is 12.2. The predicted octanol–water partition coefficient (Wildman–Crippen LogP) is 3.03. The van der Waals surface area contributed by atoms with E-state index in [1.807, 2.05) is 0 Å². The molecule has 0 spiro atoms. The van der Waals surface area contributed by atoms with Gasteiger partial charge in [-0.2, -0.15) is 13.2 Å². The van der Waals surface area contributed by atoms with Gasteiger partial charge in [0.15, 0.2) is 6.61 Å². The maximum Gasteiger partial charge on any atom is 0.422 e. The van der Waals surface area contributed by atoms with Crippen LogP contribution in [0.3, 0.4) is 0 Å². The summed E-state index contributed by atoms with van der Waals surface area (Å²) in [4.78, 5) is 7.80. The fourth-order valence-corrected chi connectivity index (χ4v) is 1.51. The van der Waals surface area contributed by atoms with Crippen LogP contribution in [-0.4, -0.2) is 22.8 Å². The van der Waals surface area contributed by atoms with Crippen LogP contribution in [0.15, 0.2) is 42.9 Å². The molecule has 0 radical (unpaired) electrons. The van der Waals surface area contributed by atoms with Gasteiger partial charge in [0.05, 0.1) is 17.9 Å². The van der Waals surface area contributed by atoms with Crippen molar-refractivity contribution in [2.24, 2.45) is 0 Å². The molecule has 0 aliphatic heterocycles. The van der Waals surface area contributed by atoms with Gasteiger partial charge >= 0.3 is 6.18 Å². The van der Waals surface area contributed by atoms with Crippen LogP contribution in [0.4, 0.5) is 18.9 Å². The highest BCUT2D eigenvalue weighted by Gasteiger charge is 2.28. The highest BCUT2D eigenvalue weighted by molar-refractivity contribution is 5.56. The highest BCUT2D eigenvalue weighted by atomic mass is 19.4. The Morgan fingerprint density at radius 2 is 1.95 bits per heavy atom. The highest BCUT2D eigenvalue weighted by Crippen LogP contribution is 2.26. The molecule has 1 N–H and O–H groups in total. The maximum atomic E-state index is 12.2. The van der Waals surface area contributed by atoms with Crippen LogP contribution in [0.2, 0.25) is 0 Å². The normalized spacial score (nSPS) is 11.2. The Hall–Kier alpha value is -2.31. The number of aromatic nitrogens is 2. The van der Waals surface area contributed by atoms with Crippen molar-refractivity contribution < 1.29 is 17.9 Å². The minimum atomic E-state index is -4.36. The molecule has 0 aliphatic rings. The van der Waals surface area contributed by atoms with Crippen LogP contribution in [-0.2, 0) is 6.54 Å². The number of nitrogens with one attached hydrogen (secondary N) is 1. The van der Waals surface area contributed by atoms with Crippen molar-refractivity contribution in [2.75, 3.05) is 11.9 Å². The van der Waals surface area contributed by atoms with E-state index >= 15 is 0 Å². The second-order valence-electron chi connectivity index (χ2n) is 3.95. The molecular formula is C13H12F3N3O. The Labute approximate surface area is 113 Å². The first kappa shape index (κ1) is 14.1. The summed E-state index contributed by atoms with van der Waals surface area (Å²) >= 11 is 0. The Morgan fingerprint density at radius 3 is 2.65 bits per heavy atom. The summed E-state index contributed by atoms with van der Waals surface area (Å²) in [7, 11) is 0. The van der Waals surface area contributed by atoms with Gasteiger partial charge in [0.1, 0.15) is 12.1 Å². The molecule has 7 heteroatoms. The molecule has 0 unspecified atom stereocenters. The quantitative estimate of drug-likeness (QED) is 0.916. The minimum absolute atomic E-state index is 0.152. The van der Waals surface area contributed by atoms with Gasteiger partial charge in [-0.1, -0.05) is 12.1 Å². The van der Waals surface area contributed by atoms with Gasteiger partial charge in [0, 0.05) is 6.20 Å². The van der Waals surface area contributed by atoms with Gasteiger partial charge in [-0.25, -0.2) is 9.97 Å². The van der Waals surface area contributed by atoms with Crippen molar-refractivity contribution >= 4 is 5.69 Å². The van der Waals surface area contributed by atoms with E-state index in [1.54, 1.807) is 30.5 Å². The molecule has 0 atom stereocenters. The van der Waals surface area contributed by atoms with Gasteiger partial charge in [-0.3, -0.25) is 0 Å². The Bertz CT molecular complexity index is 546. The van der Waals surface area contributed by atoms with Crippen LogP contribution in [0.5, 0.6) is 5.75 Å². The molecule has 2 aromatic rings. The average Bonchev–Trinajstić information content (AvgIpc) is 2.44. The number of hydrogen-bond acceptors (Lipinski definition) is 4. The van der Waals surface area contributed by atoms with Gasteiger partial charge in [0.25, 0.3) is 0 Å². The average molecular weight is 283 g/mol. The van der Waals surface area contributed by atoms with Crippen LogP contribution < -0.4 is 10.1 Å². The molecule has 1 aromatic carbocycles. The van der Waals surface area contributed by atoms with E-state index in [-0.39, 0.29) is 5.75 Å². The second kappa shape index (κ2) is 6.23. The third-order valence-corrected chi connectivity index (χ3v) is 2.38. The zero-order chi connectivity index (χ0) is 14.4. The Balaban J connectivity index is 2.01. The van der Waals surface area contributed by atoms with Gasteiger partial charge in [-0.05, 0) is 18.2 Å². The van der Waals surface area contributed by atoms with E-state index in [4.69, 9.17) is 4.74 Å². The summed E-state index contributed by atoms with van der Waals surface area (Å²) in [6.45, 7) is -0.950. The van der Waals surface area contributed by atoms with Crippen molar-refractivity contribution in [3.05, 3.63) is 48.5 Å². The second-order valence-corrected chi connectivity index (χ2v) is 3.95. The zero-order valence-electron chi connectivity index (χ0n) is 10.4. The molecule has 106 valence electrons. The molecule has 4 nitrogen and oxygen atoms in total. The third-order valence-electron chi connectivity index (χ3n) is 2.38. The van der Waals surface area contributed by atoms with Crippen molar-refractivity contribution in [1.29, 1.82) is 0 Å². The summed E-state index contributed by atoms with van der Waals surface area (Å²) < 4.78 is 41.3. The molecule has 1 heterocycles. The largest absolute Gasteiger partial charge is 0.482 e. The summed E-state index contributed by atoms with van der Waals surface area (Å²) in [6.07, 6.45) is -1.36. The van der Waals surface area contributed by atoms with Crippen molar-refractivity contribution in [3.63, 3.8) is 0 Å². The lowest BCUT2D eigenvalue weighted by atomic mass is 10.3. The number of ether oxygens (including phenoxy) is 1. The Morgan fingerprint density at radius 1 is 1.15 bits per heavy atom. The van der Waals surface area contributed by atoms with Crippen LogP contribution in [0, 0.1) is 0 Å². The summed E-state index contributed by atoms with van der Waals surface area (Å²) in [5.74, 6) is 0.152. The van der Waals surface area contributed by atoms with Crippen LogP contribution in [0.25, 0.3) is 0 Å². The molecule has 0 aliphatic carbocycles. The summed E-state index contributed by atoms with van der Waals surface area (Å²) in [5, 5.41) is 2.98. The van der Waals surface area contributed by atoms with Crippen molar-refractivity contribution in [3.8, 4) is 5.75 Å². The number of nitrogens with zero attached hydrogens (tertiary/aromatic N) is 2. The number of alkyl halides is 3. The van der Waals surface area contributed by atoms with E-state index in [2.05, 4.69) is 15.3 Å². The first-order valence-corrected chi connectivity index (χ1v) is 5.82.